The van der Waals surface area contributed by atoms with Crippen LogP contribution >= 0.6 is 25.8 Å². The third kappa shape index (κ3) is 5.28. The Hall–Kier alpha value is -1.75. The van der Waals surface area contributed by atoms with Crippen molar-refractivity contribution >= 4 is 59.6 Å². The second kappa shape index (κ2) is 11.0. The van der Waals surface area contributed by atoms with Gasteiger partial charge in [-0.25, -0.2) is 14.5 Å². The van der Waals surface area contributed by atoms with Gasteiger partial charge in [-0.3, -0.25) is 13.6 Å². The zero-order chi connectivity index (χ0) is 29.2. The molecule has 7 rings (SSSR count). The van der Waals surface area contributed by atoms with Crippen molar-refractivity contribution in [3.8, 4) is 0 Å². The van der Waals surface area contributed by atoms with Gasteiger partial charge in [-0.1, -0.05) is 36.5 Å². The van der Waals surface area contributed by atoms with E-state index in [2.05, 4.69) is 22.2 Å². The van der Waals surface area contributed by atoms with Crippen molar-refractivity contribution in [3.05, 3.63) is 61.2 Å². The van der Waals surface area contributed by atoms with Crippen molar-refractivity contribution in [2.45, 2.75) is 49.1 Å². The summed E-state index contributed by atoms with van der Waals surface area (Å²) in [5.41, 5.74) is 2.71. The number of hydrogen-bond acceptors (Lipinski definition) is 12. The smallest absolute Gasteiger partial charge is 0.386 e. The third-order valence-electron chi connectivity index (χ3n) is 7.44. The second-order valence-corrected chi connectivity index (χ2v) is 15.7. The van der Waals surface area contributed by atoms with Crippen LogP contribution in [0.5, 0.6) is 0 Å². The Labute approximate surface area is 249 Å². The van der Waals surface area contributed by atoms with E-state index >= 15 is 0 Å². The molecule has 3 saturated heterocycles. The second-order valence-electron chi connectivity index (χ2n) is 10.1. The highest BCUT2D eigenvalue weighted by molar-refractivity contribution is 8.44. The van der Waals surface area contributed by atoms with Gasteiger partial charge < -0.3 is 38.2 Å². The van der Waals surface area contributed by atoms with Gasteiger partial charge in [0.05, 0.1) is 47.9 Å². The van der Waals surface area contributed by atoms with Crippen molar-refractivity contribution in [2.75, 3.05) is 13.2 Å². The van der Waals surface area contributed by atoms with Crippen LogP contribution in [0.1, 0.15) is 12.5 Å². The number of ether oxygens (including phenoxy) is 2. The Morgan fingerprint density at radius 1 is 0.810 bits per heavy atom. The van der Waals surface area contributed by atoms with Crippen molar-refractivity contribution in [2.24, 2.45) is 0 Å². The van der Waals surface area contributed by atoms with E-state index in [-0.39, 0.29) is 0 Å². The van der Waals surface area contributed by atoms with Gasteiger partial charge in [0.25, 0.3) is 0 Å². The highest BCUT2D eigenvalue weighted by atomic mass is 32.7. The number of hydrogen-bond donors (Lipinski definition) is 4. The van der Waals surface area contributed by atoms with Crippen LogP contribution in [0.4, 0.5) is 0 Å². The molecule has 18 heteroatoms. The Morgan fingerprint density at radius 3 is 1.83 bits per heavy atom. The first-order chi connectivity index (χ1) is 20.1. The molecule has 0 amide bonds. The highest BCUT2D eigenvalue weighted by Crippen LogP contribution is 2.58. The number of rotatable bonds is 2. The number of nitrogens with zero attached hydrogens (tertiary/aromatic N) is 4. The minimum Gasteiger partial charge on any atom is -0.386 e. The van der Waals surface area contributed by atoms with Gasteiger partial charge in [0.2, 0.25) is 0 Å². The molecule has 0 bridgehead atoms. The molecule has 0 aliphatic carbocycles. The van der Waals surface area contributed by atoms with Gasteiger partial charge >= 0.3 is 13.5 Å². The molecule has 0 saturated carbocycles. The quantitative estimate of drug-likeness (QED) is 0.184. The predicted molar refractivity (Wildman–Crippen MR) is 154 cm³/mol. The fraction of sp³-hybridized carbons (Fsp3) is 0.417. The molecule has 4 unspecified atom stereocenters. The van der Waals surface area contributed by atoms with Crippen molar-refractivity contribution in [3.63, 3.8) is 0 Å². The maximum Gasteiger partial charge on any atom is 0.386 e. The third-order valence-corrected chi connectivity index (χ3v) is 10.6. The van der Waals surface area contributed by atoms with E-state index in [0.29, 0.717) is 22.1 Å². The molecule has 0 radical (unpaired) electrons. The zero-order valence-electron chi connectivity index (χ0n) is 21.5. The number of para-hydroxylation sites is 4. The maximum absolute atomic E-state index is 13.4. The Balaban J connectivity index is 1.16. The molecule has 0 spiro atoms. The summed E-state index contributed by atoms with van der Waals surface area (Å²) in [6.45, 7) is -9.02. The molecule has 2 aromatic carbocycles. The van der Waals surface area contributed by atoms with Gasteiger partial charge in [0, 0.05) is 0 Å². The lowest BCUT2D eigenvalue weighted by Crippen LogP contribution is -2.38. The van der Waals surface area contributed by atoms with Gasteiger partial charge in [-0.05, 0) is 36.1 Å². The molecular formula is C24H26N4O10P2S2. The van der Waals surface area contributed by atoms with Crippen LogP contribution < -0.4 is 0 Å². The van der Waals surface area contributed by atoms with Crippen LogP contribution in [0.15, 0.2) is 61.2 Å². The minimum atomic E-state index is -4.16. The molecule has 14 nitrogen and oxygen atoms in total. The Bertz CT molecular complexity index is 1600. The van der Waals surface area contributed by atoms with E-state index in [1.807, 2.05) is 24.3 Å². The number of aliphatic hydroxyl groups excluding tert-OH is 2. The molecule has 42 heavy (non-hydrogen) atoms. The SMILES string of the molecule is O=P1(S)OC[C@H]2O[C@@H](n3cnc4ccccc43)[C@@H](O)C2OP(O)(=S)OC[C@H]2O[C@@H](n3cnc4ccccc43)C(O)[C@H]2O1. The predicted octanol–water partition coefficient (Wildman–Crippen LogP) is 2.67. The summed E-state index contributed by atoms with van der Waals surface area (Å²) in [4.78, 5) is 19.7. The summed E-state index contributed by atoms with van der Waals surface area (Å²) >= 11 is 9.41. The van der Waals surface area contributed by atoms with E-state index in [9.17, 15) is 19.7 Å². The number of fused-ring (bicyclic) bond motifs is 4. The Kier molecular flexibility index (Phi) is 7.59. The molecule has 3 aliphatic heterocycles. The van der Waals surface area contributed by atoms with Crippen molar-refractivity contribution in [1.82, 2.24) is 19.1 Å². The van der Waals surface area contributed by atoms with E-state index in [1.165, 1.54) is 12.7 Å². The standard InChI is InChI=1S/C24H26N4O10P2S2/c29-19-21-17(35-23(19)27-11-25-13-5-1-3-7-15(13)27)9-33-40(32,42)38-22-18(10-34-39(31,41)37-21)36-24(20(22)30)28-12-26-14-6-2-4-8-16(14)28/h1-8,11-12,17-24,29-30H,9-10H2,(H,31,41)(H,32,42)/t17-,18-,19+,20?,21?,22+,23-,24-,39?,40?/m1/s1. The van der Waals surface area contributed by atoms with Crippen molar-refractivity contribution < 1.29 is 47.2 Å². The molecule has 4 aromatic rings. The molecule has 3 aliphatic rings. The number of thiol groups is 1. The number of aliphatic hydroxyl groups is 2. The molecule has 10 atom stereocenters. The first-order valence-corrected chi connectivity index (χ1v) is 18.2. The number of imidazole rings is 2. The molecule has 224 valence electrons. The lowest BCUT2D eigenvalue weighted by atomic mass is 10.1. The molecular weight excluding hydrogens is 630 g/mol. The maximum atomic E-state index is 13.4. The topological polar surface area (TPSA) is 169 Å². The lowest BCUT2D eigenvalue weighted by molar-refractivity contribution is -0.0575. The van der Waals surface area contributed by atoms with Gasteiger partial charge in [-0.15, -0.1) is 0 Å². The van der Waals surface area contributed by atoms with E-state index in [0.717, 1.165) is 0 Å². The average molecular weight is 657 g/mol. The first kappa shape index (κ1) is 29.0. The van der Waals surface area contributed by atoms with Crippen LogP contribution in [-0.4, -0.2) is 84.0 Å². The van der Waals surface area contributed by atoms with Gasteiger partial charge in [-0.2, -0.15) is 0 Å². The normalized spacial score (nSPS) is 39.5. The minimum absolute atomic E-state index is 0.406. The first-order valence-electron chi connectivity index (χ1n) is 12.9. The van der Waals surface area contributed by atoms with Crippen LogP contribution in [-0.2, 0) is 43.9 Å². The number of benzene rings is 2. The molecule has 2 aromatic heterocycles. The largest absolute Gasteiger partial charge is 0.386 e. The van der Waals surface area contributed by atoms with Crippen LogP contribution in [0.3, 0.4) is 0 Å². The summed E-state index contributed by atoms with van der Waals surface area (Å²) in [7, 11) is 0. The summed E-state index contributed by atoms with van der Waals surface area (Å²) in [5, 5.41) is 22.5. The monoisotopic (exact) mass is 656 g/mol. The van der Waals surface area contributed by atoms with E-state index < -0.39 is 75.8 Å². The van der Waals surface area contributed by atoms with Crippen LogP contribution in [0, 0.1) is 0 Å². The van der Waals surface area contributed by atoms with E-state index in [1.54, 1.807) is 33.4 Å². The zero-order valence-corrected chi connectivity index (χ0v) is 25.0. The van der Waals surface area contributed by atoms with Gasteiger partial charge in [0.1, 0.15) is 36.6 Å². The lowest BCUT2D eigenvalue weighted by Gasteiger charge is -2.29. The van der Waals surface area contributed by atoms with Crippen molar-refractivity contribution in [1.29, 1.82) is 0 Å². The van der Waals surface area contributed by atoms with Gasteiger partial charge in [0.15, 0.2) is 12.5 Å². The summed E-state index contributed by atoms with van der Waals surface area (Å²) in [6, 6.07) is 14.5. The Morgan fingerprint density at radius 2 is 1.29 bits per heavy atom. The molecule has 5 heterocycles. The summed E-state index contributed by atoms with van der Waals surface area (Å²) in [5.74, 6) is 0. The highest BCUT2D eigenvalue weighted by Gasteiger charge is 2.52. The fourth-order valence-corrected chi connectivity index (χ4v) is 8.43. The molecule has 3 N–H and O–H groups in total. The summed E-state index contributed by atoms with van der Waals surface area (Å²) in [6.07, 6.45) is -6.37. The average Bonchev–Trinajstić information content (AvgIpc) is 3.71. The van der Waals surface area contributed by atoms with Crippen LogP contribution in [0.2, 0.25) is 0 Å². The number of aromatic nitrogens is 4. The molecule has 3 fully saturated rings. The van der Waals surface area contributed by atoms with Crippen LogP contribution in [0.25, 0.3) is 22.1 Å². The van der Waals surface area contributed by atoms with E-state index in [4.69, 9.17) is 39.4 Å². The fourth-order valence-electron chi connectivity index (χ4n) is 5.49. The summed E-state index contributed by atoms with van der Waals surface area (Å²) < 4.78 is 51.4.